The number of thiocarbonyl (C=S) groups is 1. The van der Waals surface area contributed by atoms with Gasteiger partial charge in [-0.25, -0.2) is 0 Å². The lowest BCUT2D eigenvalue weighted by Gasteiger charge is -2.28. The first kappa shape index (κ1) is 22.4. The second-order valence-corrected chi connectivity index (χ2v) is 8.37. The molecule has 1 amide bonds. The van der Waals surface area contributed by atoms with E-state index in [1.165, 1.54) is 12.1 Å². The molecule has 0 atom stereocenters. The minimum absolute atomic E-state index is 0.00407. The molecule has 1 aliphatic heterocycles. The molecule has 0 aliphatic carbocycles. The summed E-state index contributed by atoms with van der Waals surface area (Å²) in [5, 5.41) is 26.6. The lowest BCUT2D eigenvalue weighted by Crippen LogP contribution is -2.37. The van der Waals surface area contributed by atoms with E-state index >= 15 is 0 Å². The fourth-order valence-electron chi connectivity index (χ4n) is 2.86. The Morgan fingerprint density at radius 3 is 2.43 bits per heavy atom. The molecule has 1 aliphatic rings. The quantitative estimate of drug-likeness (QED) is 0.224. The van der Waals surface area contributed by atoms with E-state index in [0.717, 1.165) is 0 Å². The monoisotopic (exact) mass is 558 g/mol. The summed E-state index contributed by atoms with van der Waals surface area (Å²) in [6, 6.07) is 7.48. The highest BCUT2D eigenvalue weighted by molar-refractivity contribution is 9.11. The maximum atomic E-state index is 12.5. The highest BCUT2D eigenvalue weighted by Gasteiger charge is 2.23. The maximum Gasteiger partial charge on any atom is 0.293 e. The molecule has 1 saturated heterocycles. The van der Waals surface area contributed by atoms with Crippen LogP contribution in [0.5, 0.6) is 5.75 Å². The highest BCUT2D eigenvalue weighted by Crippen LogP contribution is 2.35. The number of nitro groups is 1. The van der Waals surface area contributed by atoms with Crippen LogP contribution in [0.4, 0.5) is 17.1 Å². The number of ether oxygens (including phenoxy) is 1. The van der Waals surface area contributed by atoms with Gasteiger partial charge >= 0.3 is 0 Å². The molecule has 1 fully saturated rings. The van der Waals surface area contributed by atoms with Gasteiger partial charge < -0.3 is 20.1 Å². The van der Waals surface area contributed by atoms with Gasteiger partial charge in [-0.05, 0) is 68.3 Å². The lowest BCUT2D eigenvalue weighted by molar-refractivity contribution is -0.384. The van der Waals surface area contributed by atoms with Crippen LogP contribution in [-0.2, 0) is 4.74 Å². The third-order valence-corrected chi connectivity index (χ3v) is 5.70. The average Bonchev–Trinajstić information content (AvgIpc) is 2.72. The number of carbonyl (C=O) groups is 1. The molecular formula is C18H16Br2N4O5S. The van der Waals surface area contributed by atoms with Gasteiger partial charge in [-0.15, -0.1) is 0 Å². The third-order valence-electron chi connectivity index (χ3n) is 4.29. The Morgan fingerprint density at radius 1 is 1.20 bits per heavy atom. The Morgan fingerprint density at radius 2 is 1.83 bits per heavy atom. The third kappa shape index (κ3) is 5.25. The summed E-state index contributed by atoms with van der Waals surface area (Å²) in [6.07, 6.45) is 0. The summed E-state index contributed by atoms with van der Waals surface area (Å²) in [7, 11) is 0. The molecule has 9 nitrogen and oxygen atoms in total. The van der Waals surface area contributed by atoms with Gasteiger partial charge in [0.15, 0.2) is 5.11 Å². The topological polar surface area (TPSA) is 117 Å². The van der Waals surface area contributed by atoms with Crippen LogP contribution in [0.2, 0.25) is 0 Å². The molecule has 12 heteroatoms. The van der Waals surface area contributed by atoms with Crippen molar-refractivity contribution in [3.05, 3.63) is 55.0 Å². The minimum Gasteiger partial charge on any atom is -0.506 e. The van der Waals surface area contributed by atoms with E-state index in [-0.39, 0.29) is 22.1 Å². The van der Waals surface area contributed by atoms with E-state index in [2.05, 4.69) is 42.5 Å². The molecule has 0 unspecified atom stereocenters. The van der Waals surface area contributed by atoms with Gasteiger partial charge in [0, 0.05) is 30.4 Å². The van der Waals surface area contributed by atoms with Gasteiger partial charge in [0.1, 0.15) is 11.4 Å². The van der Waals surface area contributed by atoms with Crippen LogP contribution < -0.4 is 15.5 Å². The number of nitrogens with one attached hydrogen (secondary N) is 2. The molecule has 0 aromatic heterocycles. The lowest BCUT2D eigenvalue weighted by atomic mass is 10.1. The number of rotatable bonds is 4. The highest BCUT2D eigenvalue weighted by atomic mass is 79.9. The predicted octanol–water partition coefficient (Wildman–Crippen LogP) is 3.79. The summed E-state index contributed by atoms with van der Waals surface area (Å²) < 4.78 is 6.15. The number of hydrogen-bond donors (Lipinski definition) is 3. The fourth-order valence-corrected chi connectivity index (χ4v) is 4.25. The summed E-state index contributed by atoms with van der Waals surface area (Å²) in [6.45, 7) is 2.06. The van der Waals surface area contributed by atoms with Crippen LogP contribution >= 0.6 is 44.1 Å². The summed E-state index contributed by atoms with van der Waals surface area (Å²) in [5.74, 6) is -0.552. The van der Waals surface area contributed by atoms with Crippen LogP contribution in [0.15, 0.2) is 39.3 Å². The zero-order valence-electron chi connectivity index (χ0n) is 15.4. The van der Waals surface area contributed by atoms with E-state index in [1.807, 2.05) is 4.90 Å². The minimum atomic E-state index is -0.582. The van der Waals surface area contributed by atoms with Crippen molar-refractivity contribution in [2.24, 2.45) is 0 Å². The molecule has 2 aromatic carbocycles. The van der Waals surface area contributed by atoms with Crippen molar-refractivity contribution in [3.63, 3.8) is 0 Å². The number of aromatic hydroxyl groups is 1. The molecule has 0 bridgehead atoms. The van der Waals surface area contributed by atoms with Crippen molar-refractivity contribution < 1.29 is 19.6 Å². The molecule has 30 heavy (non-hydrogen) atoms. The molecule has 3 N–H and O–H groups in total. The fraction of sp³-hybridized carbons (Fsp3) is 0.222. The van der Waals surface area contributed by atoms with Crippen LogP contribution in [0.25, 0.3) is 0 Å². The SMILES string of the molecule is O=C(NC(=S)Nc1cc(Br)c(O)c(Br)c1)c1ccc(N2CCOCC2)c([N+](=O)[O-])c1. The summed E-state index contributed by atoms with van der Waals surface area (Å²) in [5.41, 5.74) is 0.913. The number of carbonyl (C=O) groups excluding carboxylic acids is 1. The van der Waals surface area contributed by atoms with Crippen molar-refractivity contribution in [3.8, 4) is 5.75 Å². The number of phenols is 1. The average molecular weight is 560 g/mol. The van der Waals surface area contributed by atoms with E-state index in [4.69, 9.17) is 17.0 Å². The molecule has 1 heterocycles. The number of amides is 1. The second kappa shape index (κ2) is 9.69. The Kier molecular flexibility index (Phi) is 7.23. The van der Waals surface area contributed by atoms with Crippen molar-refractivity contribution >= 4 is 72.2 Å². The van der Waals surface area contributed by atoms with Crippen molar-refractivity contribution in [2.75, 3.05) is 36.5 Å². The maximum absolute atomic E-state index is 12.5. The van der Waals surface area contributed by atoms with Crippen molar-refractivity contribution in [2.45, 2.75) is 0 Å². The first-order valence-corrected chi connectivity index (χ1v) is 10.7. The van der Waals surface area contributed by atoms with E-state index in [9.17, 15) is 20.0 Å². The first-order chi connectivity index (χ1) is 14.3. The van der Waals surface area contributed by atoms with Crippen LogP contribution in [0.3, 0.4) is 0 Å². The summed E-state index contributed by atoms with van der Waals surface area (Å²) in [4.78, 5) is 25.4. The second-order valence-electron chi connectivity index (χ2n) is 6.26. The Hall–Kier alpha value is -2.28. The predicted molar refractivity (Wildman–Crippen MR) is 123 cm³/mol. The molecule has 158 valence electrons. The first-order valence-electron chi connectivity index (χ1n) is 8.67. The number of phenolic OH excluding ortho intramolecular Hbond substituents is 1. The van der Waals surface area contributed by atoms with Gasteiger partial charge in [0.2, 0.25) is 0 Å². The zero-order chi connectivity index (χ0) is 21.8. The Balaban J connectivity index is 1.73. The number of halogens is 2. The smallest absolute Gasteiger partial charge is 0.293 e. The van der Waals surface area contributed by atoms with Crippen LogP contribution in [-0.4, -0.2) is 47.4 Å². The van der Waals surface area contributed by atoms with E-state index in [0.29, 0.717) is 46.6 Å². The standard InChI is InChI=1S/C18H16Br2N4O5S/c19-12-8-11(9-13(20)16(12)25)21-18(30)22-17(26)10-1-2-14(15(7-10)24(27)28)23-3-5-29-6-4-23/h1-2,7-9,25H,3-6H2,(H2,21,22,26,30). The normalized spacial score (nSPS) is 13.6. The van der Waals surface area contributed by atoms with Crippen molar-refractivity contribution in [1.29, 1.82) is 0 Å². The Bertz CT molecular complexity index is 991. The number of nitrogens with zero attached hydrogens (tertiary/aromatic N) is 2. The van der Waals surface area contributed by atoms with Crippen LogP contribution in [0, 0.1) is 10.1 Å². The molecule has 3 rings (SSSR count). The number of nitro benzene ring substituents is 1. The van der Waals surface area contributed by atoms with E-state index < -0.39 is 10.8 Å². The Labute approximate surface area is 193 Å². The van der Waals surface area contributed by atoms with Gasteiger partial charge in [-0.1, -0.05) is 0 Å². The van der Waals surface area contributed by atoms with Gasteiger partial charge in [-0.2, -0.15) is 0 Å². The molecular weight excluding hydrogens is 544 g/mol. The van der Waals surface area contributed by atoms with Gasteiger partial charge in [0.05, 0.1) is 27.1 Å². The number of hydrogen-bond acceptors (Lipinski definition) is 7. The van der Waals surface area contributed by atoms with Crippen LogP contribution in [0.1, 0.15) is 10.4 Å². The number of anilines is 2. The summed E-state index contributed by atoms with van der Waals surface area (Å²) >= 11 is 11.6. The number of morpholine rings is 1. The molecule has 0 radical (unpaired) electrons. The zero-order valence-corrected chi connectivity index (χ0v) is 19.3. The molecule has 0 spiro atoms. The van der Waals surface area contributed by atoms with Crippen molar-refractivity contribution in [1.82, 2.24) is 5.32 Å². The van der Waals surface area contributed by atoms with Gasteiger partial charge in [-0.3, -0.25) is 20.2 Å². The number of benzene rings is 2. The van der Waals surface area contributed by atoms with E-state index in [1.54, 1.807) is 18.2 Å². The molecule has 0 saturated carbocycles. The van der Waals surface area contributed by atoms with Gasteiger partial charge in [0.25, 0.3) is 11.6 Å². The largest absolute Gasteiger partial charge is 0.506 e. The molecule has 2 aromatic rings.